The van der Waals surface area contributed by atoms with Gasteiger partial charge in [0.1, 0.15) is 0 Å². The maximum atomic E-state index is 11.3. The Labute approximate surface area is 137 Å². The van der Waals surface area contributed by atoms with E-state index in [0.717, 1.165) is 0 Å². The summed E-state index contributed by atoms with van der Waals surface area (Å²) in [4.78, 5) is 47.2. The van der Waals surface area contributed by atoms with E-state index in [2.05, 4.69) is 5.32 Å². The highest BCUT2D eigenvalue weighted by atomic mass is 31.2. The van der Waals surface area contributed by atoms with Crippen LogP contribution in [0.15, 0.2) is 30.3 Å². The third-order valence-corrected chi connectivity index (χ3v) is 7.29. The van der Waals surface area contributed by atoms with E-state index >= 15 is 0 Å². The fourth-order valence-electron chi connectivity index (χ4n) is 2.13. The zero-order valence-electron chi connectivity index (χ0n) is 12.4. The summed E-state index contributed by atoms with van der Waals surface area (Å²) in [6.07, 6.45) is -2.68. The molecule has 0 aliphatic heterocycles. The van der Waals surface area contributed by atoms with E-state index in [1.54, 1.807) is 30.3 Å². The molecule has 0 saturated carbocycles. The molecule has 1 unspecified atom stereocenters. The van der Waals surface area contributed by atoms with Gasteiger partial charge in [-0.25, -0.2) is 4.79 Å². The first-order valence-electron chi connectivity index (χ1n) is 6.74. The fraction of sp³-hybridized carbons (Fsp3) is 0.417. The van der Waals surface area contributed by atoms with Crippen molar-refractivity contribution in [3.05, 3.63) is 35.9 Å². The van der Waals surface area contributed by atoms with E-state index in [9.17, 15) is 19.0 Å². The van der Waals surface area contributed by atoms with Crippen molar-refractivity contribution in [1.82, 2.24) is 5.32 Å². The molecule has 136 valence electrons. The predicted octanol–water partition coefficient (Wildman–Crippen LogP) is 0.647. The topological polar surface area (TPSA) is 185 Å². The molecular weight excluding hydrogens is 364 g/mol. The van der Waals surface area contributed by atoms with Crippen LogP contribution in [-0.2, 0) is 15.6 Å². The Hall–Kier alpha value is -1.25. The van der Waals surface area contributed by atoms with Crippen LogP contribution in [0.25, 0.3) is 0 Å². The van der Waals surface area contributed by atoms with Crippen LogP contribution in [0.2, 0.25) is 0 Å². The van der Waals surface area contributed by atoms with Crippen molar-refractivity contribution in [2.75, 3.05) is 0 Å². The molecule has 10 nitrogen and oxygen atoms in total. The number of amides is 1. The van der Waals surface area contributed by atoms with Crippen molar-refractivity contribution < 1.29 is 43.7 Å². The molecule has 1 amide bonds. The van der Waals surface area contributed by atoms with Crippen molar-refractivity contribution >= 4 is 21.3 Å². The highest BCUT2D eigenvalue weighted by molar-refractivity contribution is 7.72. The van der Waals surface area contributed by atoms with Crippen LogP contribution in [0.1, 0.15) is 18.4 Å². The lowest BCUT2D eigenvalue weighted by molar-refractivity contribution is 0.117. The lowest BCUT2D eigenvalue weighted by Crippen LogP contribution is -2.38. The molecule has 1 rings (SSSR count). The molecule has 0 bridgehead atoms. The van der Waals surface area contributed by atoms with Crippen molar-refractivity contribution in [1.29, 1.82) is 0 Å². The molecule has 1 aromatic rings. The molecule has 0 aliphatic carbocycles. The summed E-state index contributed by atoms with van der Waals surface area (Å²) in [6.45, 7) is 0. The lowest BCUT2D eigenvalue weighted by Gasteiger charge is -2.30. The highest BCUT2D eigenvalue weighted by Crippen LogP contribution is 2.69. The van der Waals surface area contributed by atoms with Gasteiger partial charge in [0.15, 0.2) is 0 Å². The molecule has 12 heteroatoms. The second-order valence-corrected chi connectivity index (χ2v) is 9.25. The molecular formula is C12H19NO9P2. The van der Waals surface area contributed by atoms with Crippen LogP contribution in [-0.4, -0.2) is 47.0 Å². The molecule has 0 aromatic heterocycles. The van der Waals surface area contributed by atoms with E-state index in [0.29, 0.717) is 5.56 Å². The Bertz CT molecular complexity index is 632. The Kier molecular flexibility index (Phi) is 6.72. The van der Waals surface area contributed by atoms with Gasteiger partial charge in [-0.1, -0.05) is 30.3 Å². The third-order valence-electron chi connectivity index (χ3n) is 3.41. The number of carboxylic acid groups (broad SMARTS) is 1. The van der Waals surface area contributed by atoms with E-state index < -0.39 is 45.3 Å². The van der Waals surface area contributed by atoms with Crippen LogP contribution >= 0.6 is 15.2 Å². The molecule has 1 atom stereocenters. The first-order chi connectivity index (χ1) is 10.9. The van der Waals surface area contributed by atoms with Gasteiger partial charge in [-0.2, -0.15) is 0 Å². The first-order valence-corrected chi connectivity index (χ1v) is 9.96. The molecule has 1 aromatic carbocycles. The summed E-state index contributed by atoms with van der Waals surface area (Å²) in [6, 6.07) is 7.62. The average molecular weight is 383 g/mol. The number of benzene rings is 1. The number of rotatable bonds is 8. The minimum atomic E-state index is -5.56. The molecule has 0 heterocycles. The van der Waals surface area contributed by atoms with Crippen molar-refractivity contribution in [2.24, 2.45) is 0 Å². The molecule has 0 fully saturated rings. The molecule has 7 N–H and O–H groups in total. The molecule has 0 radical (unpaired) electrons. The third kappa shape index (κ3) is 5.39. The Morgan fingerprint density at radius 2 is 1.58 bits per heavy atom. The largest absolute Gasteiger partial charge is 0.465 e. The standard InChI is InChI=1S/C12H19NO9P2/c14-11(15)13-10(8-9-4-2-1-3-5-9)6-7-12(16,23(17,18)19)24(20,21)22/h1-5,10,13,16H,6-8H2,(H,14,15)(H2,17,18,19)(H2,20,21,22). The van der Waals surface area contributed by atoms with Gasteiger partial charge in [0.05, 0.1) is 0 Å². The van der Waals surface area contributed by atoms with Crippen molar-refractivity contribution in [2.45, 2.75) is 30.4 Å². The quantitative estimate of drug-likeness (QED) is 0.317. The van der Waals surface area contributed by atoms with E-state index in [1.807, 2.05) is 0 Å². The highest BCUT2D eigenvalue weighted by Gasteiger charge is 2.58. The summed E-state index contributed by atoms with van der Waals surface area (Å²) in [5.74, 6) is 0. The van der Waals surface area contributed by atoms with E-state index in [-0.39, 0.29) is 6.42 Å². The maximum absolute atomic E-state index is 11.3. The molecule has 0 spiro atoms. The maximum Gasteiger partial charge on any atom is 0.404 e. The van der Waals surface area contributed by atoms with Gasteiger partial charge in [0.25, 0.3) is 5.08 Å². The second kappa shape index (κ2) is 7.76. The van der Waals surface area contributed by atoms with Crippen LogP contribution in [0.4, 0.5) is 4.79 Å². The van der Waals surface area contributed by atoms with Gasteiger partial charge in [0.2, 0.25) is 0 Å². The summed E-state index contributed by atoms with van der Waals surface area (Å²) in [5, 5.41) is 17.2. The number of carbonyl (C=O) groups is 1. The normalized spacial score (nSPS) is 14.2. The van der Waals surface area contributed by atoms with Crippen LogP contribution in [0.3, 0.4) is 0 Å². The number of nitrogens with one attached hydrogen (secondary N) is 1. The van der Waals surface area contributed by atoms with Gasteiger partial charge in [-0.3, -0.25) is 9.13 Å². The Morgan fingerprint density at radius 1 is 1.08 bits per heavy atom. The average Bonchev–Trinajstić information content (AvgIpc) is 2.42. The Morgan fingerprint density at radius 3 is 2.00 bits per heavy atom. The zero-order chi connectivity index (χ0) is 18.6. The number of hydrogen-bond donors (Lipinski definition) is 7. The van der Waals surface area contributed by atoms with E-state index in [4.69, 9.17) is 24.7 Å². The van der Waals surface area contributed by atoms with Crippen molar-refractivity contribution in [3.8, 4) is 0 Å². The zero-order valence-corrected chi connectivity index (χ0v) is 14.2. The minimum Gasteiger partial charge on any atom is -0.465 e. The number of hydrogen-bond acceptors (Lipinski definition) is 4. The summed E-state index contributed by atoms with van der Waals surface area (Å²) >= 11 is 0. The number of aliphatic hydroxyl groups is 1. The van der Waals surface area contributed by atoms with Crippen LogP contribution in [0, 0.1) is 0 Å². The predicted molar refractivity (Wildman–Crippen MR) is 83.4 cm³/mol. The monoisotopic (exact) mass is 383 g/mol. The van der Waals surface area contributed by atoms with Gasteiger partial charge in [0, 0.05) is 12.5 Å². The molecule has 0 aliphatic rings. The summed E-state index contributed by atoms with van der Waals surface area (Å²) < 4.78 is 22.6. The van der Waals surface area contributed by atoms with Gasteiger partial charge in [-0.15, -0.1) is 0 Å². The van der Waals surface area contributed by atoms with Crippen molar-refractivity contribution in [3.63, 3.8) is 0 Å². The van der Waals surface area contributed by atoms with Gasteiger partial charge < -0.3 is 35.1 Å². The van der Waals surface area contributed by atoms with Gasteiger partial charge >= 0.3 is 21.3 Å². The van der Waals surface area contributed by atoms with E-state index in [1.165, 1.54) is 0 Å². The van der Waals surface area contributed by atoms with Crippen LogP contribution < -0.4 is 5.32 Å². The van der Waals surface area contributed by atoms with Crippen LogP contribution in [0.5, 0.6) is 0 Å². The summed E-state index contributed by atoms with van der Waals surface area (Å²) in [5.41, 5.74) is 0.701. The fourth-order valence-corrected chi connectivity index (χ4v) is 4.33. The molecule has 24 heavy (non-hydrogen) atoms. The lowest BCUT2D eigenvalue weighted by atomic mass is 10.0. The summed E-state index contributed by atoms with van der Waals surface area (Å²) in [7, 11) is -11.1. The van der Waals surface area contributed by atoms with Gasteiger partial charge in [-0.05, 0) is 18.4 Å². The smallest absolute Gasteiger partial charge is 0.404 e. The molecule has 0 saturated heterocycles. The first kappa shape index (κ1) is 20.8. The minimum absolute atomic E-state index is 0.117. The second-order valence-electron chi connectivity index (χ2n) is 5.24. The SMILES string of the molecule is O=C(O)NC(CCC(O)(P(=O)(O)O)P(=O)(O)O)Cc1ccccc1. The Balaban J connectivity index is 2.95.